The van der Waals surface area contributed by atoms with Gasteiger partial charge >= 0.3 is 0 Å². The summed E-state index contributed by atoms with van der Waals surface area (Å²) in [5.41, 5.74) is 0. The molecule has 14 heavy (non-hydrogen) atoms. The number of halogens is 2. The van der Waals surface area contributed by atoms with E-state index < -0.39 is 6.43 Å². The minimum absolute atomic E-state index is 0.168. The van der Waals surface area contributed by atoms with Crippen molar-refractivity contribution in [3.63, 3.8) is 0 Å². The van der Waals surface area contributed by atoms with Crippen LogP contribution in [0.3, 0.4) is 0 Å². The normalized spacial score (nSPS) is 11.6. The maximum Gasteiger partial charge on any atom is 0.251 e. The maximum atomic E-state index is 11.9. The fourth-order valence-corrected chi connectivity index (χ4v) is 1.16. The predicted molar refractivity (Wildman–Crippen MR) is 47.0 cm³/mol. The number of nitrogens with zero attached hydrogens (tertiary/aromatic N) is 1. The van der Waals surface area contributed by atoms with Crippen LogP contribution in [0.5, 0.6) is 0 Å². The van der Waals surface area contributed by atoms with Gasteiger partial charge in [0.25, 0.3) is 6.43 Å². The van der Waals surface area contributed by atoms with Crippen molar-refractivity contribution in [1.29, 1.82) is 0 Å². The zero-order valence-corrected chi connectivity index (χ0v) is 7.91. The Kier molecular flexibility index (Phi) is 4.03. The molecule has 5 heteroatoms. The fraction of sp³-hybridized carbons (Fsp3) is 0.556. The van der Waals surface area contributed by atoms with E-state index in [0.29, 0.717) is 18.1 Å². The Morgan fingerprint density at radius 3 is 2.57 bits per heavy atom. The second-order valence-corrected chi connectivity index (χ2v) is 3.11. The Hall–Kier alpha value is -0.940. The third kappa shape index (κ3) is 3.43. The standard InChI is InChI=1S/C9H13F2NO2/c1-12(5-9(10)11)4-7-2-3-8(6-13)14-7/h2-3,9,13H,4-6H2,1H3. The van der Waals surface area contributed by atoms with E-state index in [4.69, 9.17) is 9.52 Å². The molecular formula is C9H13F2NO2. The molecule has 0 aliphatic carbocycles. The van der Waals surface area contributed by atoms with E-state index in [9.17, 15) is 8.78 Å². The second-order valence-electron chi connectivity index (χ2n) is 3.11. The molecule has 1 aromatic heterocycles. The van der Waals surface area contributed by atoms with E-state index in [1.165, 1.54) is 4.90 Å². The highest BCUT2D eigenvalue weighted by atomic mass is 19.3. The second kappa shape index (κ2) is 5.07. The SMILES string of the molecule is CN(Cc1ccc(CO)o1)CC(F)F. The van der Waals surface area contributed by atoms with E-state index in [2.05, 4.69) is 0 Å². The molecule has 80 valence electrons. The van der Waals surface area contributed by atoms with Gasteiger partial charge in [-0.3, -0.25) is 4.90 Å². The first-order valence-corrected chi connectivity index (χ1v) is 4.27. The van der Waals surface area contributed by atoms with Crippen molar-refractivity contribution in [2.24, 2.45) is 0 Å². The predicted octanol–water partition coefficient (Wildman–Crippen LogP) is 1.47. The lowest BCUT2D eigenvalue weighted by Crippen LogP contribution is -2.23. The summed E-state index contributed by atoms with van der Waals surface area (Å²) < 4.78 is 29.0. The molecule has 0 spiro atoms. The van der Waals surface area contributed by atoms with Crippen molar-refractivity contribution in [2.75, 3.05) is 13.6 Å². The molecule has 0 saturated heterocycles. The smallest absolute Gasteiger partial charge is 0.251 e. The van der Waals surface area contributed by atoms with Crippen LogP contribution < -0.4 is 0 Å². The van der Waals surface area contributed by atoms with E-state index in [1.807, 2.05) is 0 Å². The largest absolute Gasteiger partial charge is 0.462 e. The van der Waals surface area contributed by atoms with Crippen LogP contribution in [0.2, 0.25) is 0 Å². The first kappa shape index (κ1) is 11.1. The third-order valence-electron chi connectivity index (χ3n) is 1.75. The first-order chi connectivity index (χ1) is 6.61. The van der Waals surface area contributed by atoms with E-state index >= 15 is 0 Å². The maximum absolute atomic E-state index is 11.9. The highest BCUT2D eigenvalue weighted by Crippen LogP contribution is 2.10. The lowest BCUT2D eigenvalue weighted by molar-refractivity contribution is 0.0940. The summed E-state index contributed by atoms with van der Waals surface area (Å²) in [4.78, 5) is 1.46. The number of hydrogen-bond acceptors (Lipinski definition) is 3. The molecule has 1 aromatic rings. The monoisotopic (exact) mass is 205 g/mol. The van der Waals surface area contributed by atoms with Crippen molar-refractivity contribution >= 4 is 0 Å². The van der Waals surface area contributed by atoms with Crippen molar-refractivity contribution < 1.29 is 18.3 Å². The number of rotatable bonds is 5. The molecule has 0 aliphatic rings. The lowest BCUT2D eigenvalue weighted by Gasteiger charge is -2.13. The van der Waals surface area contributed by atoms with Crippen LogP contribution in [0.25, 0.3) is 0 Å². The highest BCUT2D eigenvalue weighted by Gasteiger charge is 2.09. The molecule has 0 amide bonds. The molecule has 1 N–H and O–H groups in total. The van der Waals surface area contributed by atoms with Gasteiger partial charge in [-0.05, 0) is 19.2 Å². The quantitative estimate of drug-likeness (QED) is 0.790. The Morgan fingerprint density at radius 2 is 2.07 bits per heavy atom. The molecule has 0 fully saturated rings. The highest BCUT2D eigenvalue weighted by molar-refractivity contribution is 5.06. The van der Waals surface area contributed by atoms with Gasteiger partial charge in [-0.1, -0.05) is 0 Å². The molecule has 1 heterocycles. The summed E-state index contributed by atoms with van der Waals surface area (Å²) in [5.74, 6) is 1.03. The van der Waals surface area contributed by atoms with Gasteiger partial charge in [0.2, 0.25) is 0 Å². The van der Waals surface area contributed by atoms with Gasteiger partial charge in [0, 0.05) is 0 Å². The summed E-state index contributed by atoms with van der Waals surface area (Å²) in [5, 5.41) is 8.70. The third-order valence-corrected chi connectivity index (χ3v) is 1.75. The van der Waals surface area contributed by atoms with Crippen molar-refractivity contribution in [3.8, 4) is 0 Å². The minimum Gasteiger partial charge on any atom is -0.462 e. The Bertz CT molecular complexity index is 276. The topological polar surface area (TPSA) is 36.6 Å². The van der Waals surface area contributed by atoms with E-state index in [1.54, 1.807) is 19.2 Å². The van der Waals surface area contributed by atoms with Gasteiger partial charge in [-0.2, -0.15) is 0 Å². The summed E-state index contributed by atoms with van der Waals surface area (Å²) in [6.07, 6.45) is -2.34. The lowest BCUT2D eigenvalue weighted by atomic mass is 10.4. The molecule has 1 rings (SSSR count). The summed E-state index contributed by atoms with van der Waals surface area (Å²) >= 11 is 0. The van der Waals surface area contributed by atoms with Crippen LogP contribution in [0.4, 0.5) is 8.78 Å². The number of furan rings is 1. The van der Waals surface area contributed by atoms with Crippen LogP contribution in [0.1, 0.15) is 11.5 Å². The number of hydrogen-bond donors (Lipinski definition) is 1. The van der Waals surface area contributed by atoms with Crippen molar-refractivity contribution in [2.45, 2.75) is 19.6 Å². The molecule has 0 bridgehead atoms. The van der Waals surface area contributed by atoms with Gasteiger partial charge in [0.15, 0.2) is 0 Å². The molecule has 0 saturated carbocycles. The summed E-state index contributed by atoms with van der Waals surface area (Å²) in [6.45, 7) is -0.127. The molecule has 0 unspecified atom stereocenters. The van der Waals surface area contributed by atoms with Gasteiger partial charge in [0.05, 0.1) is 13.1 Å². The summed E-state index contributed by atoms with van der Waals surface area (Å²) in [6, 6.07) is 3.30. The van der Waals surface area contributed by atoms with E-state index in [-0.39, 0.29) is 13.2 Å². The minimum atomic E-state index is -2.34. The number of aliphatic hydroxyl groups excluding tert-OH is 1. The fourth-order valence-electron chi connectivity index (χ4n) is 1.16. The Morgan fingerprint density at radius 1 is 1.43 bits per heavy atom. The zero-order chi connectivity index (χ0) is 10.6. The molecule has 0 radical (unpaired) electrons. The molecule has 3 nitrogen and oxygen atoms in total. The number of alkyl halides is 2. The Labute approximate surface area is 80.9 Å². The van der Waals surface area contributed by atoms with Gasteiger partial charge in [0.1, 0.15) is 18.1 Å². The number of aliphatic hydroxyl groups is 1. The molecule has 0 atom stereocenters. The average Bonchev–Trinajstić information content (AvgIpc) is 2.50. The molecular weight excluding hydrogens is 192 g/mol. The van der Waals surface area contributed by atoms with Crippen LogP contribution in [-0.4, -0.2) is 30.0 Å². The van der Waals surface area contributed by atoms with Crippen LogP contribution in [-0.2, 0) is 13.2 Å². The molecule has 0 aliphatic heterocycles. The van der Waals surface area contributed by atoms with Crippen molar-refractivity contribution in [3.05, 3.63) is 23.7 Å². The van der Waals surface area contributed by atoms with Gasteiger partial charge in [-0.25, -0.2) is 8.78 Å². The molecule has 0 aromatic carbocycles. The van der Waals surface area contributed by atoms with E-state index in [0.717, 1.165) is 0 Å². The van der Waals surface area contributed by atoms with Crippen LogP contribution in [0.15, 0.2) is 16.5 Å². The van der Waals surface area contributed by atoms with Crippen molar-refractivity contribution in [1.82, 2.24) is 4.90 Å². The van der Waals surface area contributed by atoms with Gasteiger partial charge in [-0.15, -0.1) is 0 Å². The first-order valence-electron chi connectivity index (χ1n) is 4.27. The zero-order valence-electron chi connectivity index (χ0n) is 7.91. The van der Waals surface area contributed by atoms with Crippen LogP contribution >= 0.6 is 0 Å². The van der Waals surface area contributed by atoms with Crippen LogP contribution in [0, 0.1) is 0 Å². The average molecular weight is 205 g/mol. The Balaban J connectivity index is 2.43. The van der Waals surface area contributed by atoms with Gasteiger partial charge < -0.3 is 9.52 Å². The summed E-state index contributed by atoms with van der Waals surface area (Å²) in [7, 11) is 1.59.